The molecule has 0 unspecified atom stereocenters. The Bertz CT molecular complexity index is 1110. The average molecular weight is 388 g/mol. The first-order valence-electron chi connectivity index (χ1n) is 10.0. The van der Waals surface area contributed by atoms with Crippen LogP contribution in [0, 0.1) is 5.92 Å². The van der Waals surface area contributed by atoms with E-state index in [9.17, 15) is 9.59 Å². The van der Waals surface area contributed by atoms with Crippen LogP contribution in [0.25, 0.3) is 10.8 Å². The molecule has 6 heteroatoms. The third kappa shape index (κ3) is 4.26. The topological polar surface area (TPSA) is 76.3 Å². The number of carbonyl (C=O) groups is 1. The molecule has 1 amide bonds. The van der Waals surface area contributed by atoms with Gasteiger partial charge in [-0.25, -0.2) is 10.1 Å². The van der Waals surface area contributed by atoms with Gasteiger partial charge in [0.05, 0.1) is 11.9 Å². The van der Waals surface area contributed by atoms with Gasteiger partial charge in [0.25, 0.3) is 11.5 Å². The summed E-state index contributed by atoms with van der Waals surface area (Å²) in [6.07, 6.45) is 4.00. The second-order valence-electron chi connectivity index (χ2n) is 7.64. The normalized spacial score (nSPS) is 16.6. The van der Waals surface area contributed by atoms with E-state index in [1.54, 1.807) is 24.3 Å². The van der Waals surface area contributed by atoms with Crippen LogP contribution in [0.4, 0.5) is 0 Å². The first-order chi connectivity index (χ1) is 14.1. The van der Waals surface area contributed by atoms with Crippen molar-refractivity contribution < 1.29 is 4.79 Å². The van der Waals surface area contributed by atoms with Gasteiger partial charge >= 0.3 is 0 Å². The Balaban J connectivity index is 1.67. The van der Waals surface area contributed by atoms with Crippen LogP contribution >= 0.6 is 0 Å². The van der Waals surface area contributed by atoms with Gasteiger partial charge in [0.2, 0.25) is 0 Å². The average Bonchev–Trinajstić information content (AvgIpc) is 2.76. The number of amides is 1. The fourth-order valence-electron chi connectivity index (χ4n) is 3.66. The zero-order chi connectivity index (χ0) is 20.2. The van der Waals surface area contributed by atoms with Crippen molar-refractivity contribution in [3.63, 3.8) is 0 Å². The molecule has 1 N–H and O–H groups in total. The number of hydrogen-bond acceptors (Lipinski definition) is 4. The number of fused-ring (bicyclic) bond motifs is 1. The molecular weight excluding hydrogens is 364 g/mol. The molecule has 1 aromatic heterocycles. The number of nitrogens with zero attached hydrogens (tertiary/aromatic N) is 3. The molecule has 6 nitrogen and oxygen atoms in total. The SMILES string of the molecule is CC1CCC(=NNC(=O)c2nn(Cc3ccccc3)c(=O)c3ccccc23)CC1. The third-order valence-corrected chi connectivity index (χ3v) is 5.42. The zero-order valence-electron chi connectivity index (χ0n) is 16.5. The molecule has 0 spiro atoms. The Hall–Kier alpha value is -3.28. The fourth-order valence-corrected chi connectivity index (χ4v) is 3.66. The Morgan fingerprint density at radius 3 is 2.45 bits per heavy atom. The van der Waals surface area contributed by atoms with Crippen LogP contribution in [0.15, 0.2) is 64.5 Å². The monoisotopic (exact) mass is 388 g/mol. The van der Waals surface area contributed by atoms with E-state index >= 15 is 0 Å². The highest BCUT2D eigenvalue weighted by atomic mass is 16.2. The van der Waals surface area contributed by atoms with Crippen LogP contribution < -0.4 is 11.0 Å². The number of carbonyl (C=O) groups excluding carboxylic acids is 1. The van der Waals surface area contributed by atoms with Gasteiger partial charge in [-0.05, 0) is 43.2 Å². The van der Waals surface area contributed by atoms with E-state index in [0.717, 1.165) is 37.0 Å². The van der Waals surface area contributed by atoms with Crippen molar-refractivity contribution in [3.8, 4) is 0 Å². The standard InChI is InChI=1S/C23H24N4O2/c1-16-11-13-18(14-12-16)24-25-22(28)21-19-9-5-6-10-20(19)23(29)27(26-21)15-17-7-3-2-4-8-17/h2-10,16H,11-15H2,1H3,(H,25,28). The van der Waals surface area contributed by atoms with E-state index in [1.807, 2.05) is 30.3 Å². The lowest BCUT2D eigenvalue weighted by atomic mass is 9.90. The van der Waals surface area contributed by atoms with E-state index in [4.69, 9.17) is 0 Å². The lowest BCUT2D eigenvalue weighted by molar-refractivity contribution is 0.0949. The summed E-state index contributed by atoms with van der Waals surface area (Å²) < 4.78 is 1.35. The van der Waals surface area contributed by atoms with Crippen LogP contribution in [0.5, 0.6) is 0 Å². The Morgan fingerprint density at radius 2 is 1.72 bits per heavy atom. The third-order valence-electron chi connectivity index (χ3n) is 5.42. The number of hydrazone groups is 1. The molecule has 1 heterocycles. The molecule has 0 radical (unpaired) electrons. The van der Waals surface area contributed by atoms with Crippen LogP contribution in [0.2, 0.25) is 0 Å². The van der Waals surface area contributed by atoms with E-state index in [2.05, 4.69) is 22.5 Å². The zero-order valence-corrected chi connectivity index (χ0v) is 16.5. The van der Waals surface area contributed by atoms with Crippen LogP contribution in [-0.2, 0) is 6.54 Å². The molecular formula is C23H24N4O2. The molecule has 1 fully saturated rings. The highest BCUT2D eigenvalue weighted by Crippen LogP contribution is 2.21. The first kappa shape index (κ1) is 19.1. The number of benzene rings is 2. The molecule has 0 saturated heterocycles. The van der Waals surface area contributed by atoms with E-state index in [0.29, 0.717) is 23.2 Å². The molecule has 0 aliphatic heterocycles. The summed E-state index contributed by atoms with van der Waals surface area (Å²) in [7, 11) is 0. The molecule has 29 heavy (non-hydrogen) atoms. The minimum Gasteiger partial charge on any atom is -0.267 e. The van der Waals surface area contributed by atoms with Gasteiger partial charge in [0, 0.05) is 11.1 Å². The van der Waals surface area contributed by atoms with Gasteiger partial charge in [-0.1, -0.05) is 55.5 Å². The van der Waals surface area contributed by atoms with Crippen molar-refractivity contribution in [1.29, 1.82) is 0 Å². The van der Waals surface area contributed by atoms with Crippen molar-refractivity contribution in [2.45, 2.75) is 39.2 Å². The summed E-state index contributed by atoms with van der Waals surface area (Å²) in [5, 5.41) is 9.73. The largest absolute Gasteiger partial charge is 0.292 e. The minimum atomic E-state index is -0.394. The molecule has 1 saturated carbocycles. The number of aromatic nitrogens is 2. The van der Waals surface area contributed by atoms with E-state index in [-0.39, 0.29) is 11.3 Å². The molecule has 148 valence electrons. The minimum absolute atomic E-state index is 0.213. The van der Waals surface area contributed by atoms with Gasteiger partial charge in [-0.3, -0.25) is 9.59 Å². The summed E-state index contributed by atoms with van der Waals surface area (Å²) in [6.45, 7) is 2.54. The van der Waals surface area contributed by atoms with Gasteiger partial charge < -0.3 is 0 Å². The molecule has 0 bridgehead atoms. The number of hydrogen-bond donors (Lipinski definition) is 1. The maximum Gasteiger partial charge on any atom is 0.292 e. The van der Waals surface area contributed by atoms with Gasteiger partial charge in [-0.2, -0.15) is 10.2 Å². The maximum absolute atomic E-state index is 12.9. The maximum atomic E-state index is 12.9. The van der Waals surface area contributed by atoms with Crippen LogP contribution in [0.1, 0.15) is 48.7 Å². The fraction of sp³-hybridized carbons (Fsp3) is 0.304. The van der Waals surface area contributed by atoms with Crippen LogP contribution in [-0.4, -0.2) is 21.4 Å². The smallest absolute Gasteiger partial charge is 0.267 e. The molecule has 1 aliphatic carbocycles. The summed E-state index contributed by atoms with van der Waals surface area (Å²) in [4.78, 5) is 25.8. The summed E-state index contributed by atoms with van der Waals surface area (Å²) in [6, 6.07) is 16.7. The van der Waals surface area contributed by atoms with Gasteiger partial charge in [-0.15, -0.1) is 0 Å². The summed E-state index contributed by atoms with van der Waals surface area (Å²) in [5.41, 5.74) is 4.61. The Labute approximate surface area is 169 Å². The quantitative estimate of drug-likeness (QED) is 0.692. The molecule has 2 aromatic carbocycles. The second kappa shape index (κ2) is 8.39. The molecule has 1 aliphatic rings. The number of nitrogens with one attached hydrogen (secondary N) is 1. The van der Waals surface area contributed by atoms with Crippen molar-refractivity contribution in [2.75, 3.05) is 0 Å². The number of rotatable bonds is 4. The van der Waals surface area contributed by atoms with Gasteiger partial charge in [0.1, 0.15) is 0 Å². The highest BCUT2D eigenvalue weighted by Gasteiger charge is 2.18. The predicted molar refractivity (Wildman–Crippen MR) is 114 cm³/mol. The van der Waals surface area contributed by atoms with E-state index in [1.165, 1.54) is 4.68 Å². The predicted octanol–water partition coefficient (Wildman–Crippen LogP) is 3.74. The van der Waals surface area contributed by atoms with Crippen molar-refractivity contribution in [3.05, 3.63) is 76.2 Å². The molecule has 0 atom stereocenters. The second-order valence-corrected chi connectivity index (χ2v) is 7.64. The molecule has 4 rings (SSSR count). The van der Waals surface area contributed by atoms with E-state index < -0.39 is 5.91 Å². The molecule has 3 aromatic rings. The first-order valence-corrected chi connectivity index (χ1v) is 10.0. The van der Waals surface area contributed by atoms with Crippen LogP contribution in [0.3, 0.4) is 0 Å². The lowest BCUT2D eigenvalue weighted by Gasteiger charge is -2.18. The summed E-state index contributed by atoms with van der Waals surface area (Å²) >= 11 is 0. The lowest BCUT2D eigenvalue weighted by Crippen LogP contribution is -2.30. The van der Waals surface area contributed by atoms with Crippen molar-refractivity contribution in [1.82, 2.24) is 15.2 Å². The Morgan fingerprint density at radius 1 is 1.07 bits per heavy atom. The van der Waals surface area contributed by atoms with Gasteiger partial charge in [0.15, 0.2) is 5.69 Å². The van der Waals surface area contributed by atoms with Crippen molar-refractivity contribution >= 4 is 22.4 Å². The highest BCUT2D eigenvalue weighted by molar-refractivity contribution is 6.05. The Kier molecular flexibility index (Phi) is 5.51. The van der Waals surface area contributed by atoms with Crippen molar-refractivity contribution in [2.24, 2.45) is 11.0 Å². The summed E-state index contributed by atoms with van der Waals surface area (Å²) in [5.74, 6) is 0.311.